The molecule has 3 aliphatic rings. The molecule has 0 aromatic heterocycles. The van der Waals surface area contributed by atoms with E-state index in [4.69, 9.17) is 4.99 Å². The highest BCUT2D eigenvalue weighted by atomic mass is 127. The van der Waals surface area contributed by atoms with Gasteiger partial charge in [0.1, 0.15) is 5.82 Å². The highest BCUT2D eigenvalue weighted by Gasteiger charge is 2.40. The van der Waals surface area contributed by atoms with Crippen LogP contribution in [0.25, 0.3) is 0 Å². The summed E-state index contributed by atoms with van der Waals surface area (Å²) in [5.41, 5.74) is 0.953. The van der Waals surface area contributed by atoms with Crippen molar-refractivity contribution in [2.75, 3.05) is 18.1 Å². The Morgan fingerprint density at radius 2 is 1.93 bits per heavy atom. The molecule has 8 heteroatoms. The Hall–Kier alpha value is -0.900. The number of guanidine groups is 1. The van der Waals surface area contributed by atoms with Gasteiger partial charge in [0, 0.05) is 12.6 Å². The fourth-order valence-corrected chi connectivity index (χ4v) is 6.65. The molecule has 156 valence electrons. The standard InChI is InChI=1S/C20H28FN3O2S.HI/c21-18-5-2-14(3-6-18)11-22-20(23-12-16-7-8-27(25,26)13-16)24-19-10-15-1-4-17(19)9-15;/h2-3,5-6,15-17,19H,1,4,7-13H2,(H2,22,23,24);1H. The van der Waals surface area contributed by atoms with Gasteiger partial charge in [-0.3, -0.25) is 0 Å². The van der Waals surface area contributed by atoms with Crippen LogP contribution in [0.4, 0.5) is 4.39 Å². The number of hydrogen-bond acceptors (Lipinski definition) is 3. The van der Waals surface area contributed by atoms with E-state index < -0.39 is 9.84 Å². The van der Waals surface area contributed by atoms with Crippen molar-refractivity contribution in [2.24, 2.45) is 22.7 Å². The van der Waals surface area contributed by atoms with E-state index >= 15 is 0 Å². The number of fused-ring (bicyclic) bond motifs is 2. The molecule has 3 fully saturated rings. The second kappa shape index (κ2) is 9.28. The summed E-state index contributed by atoms with van der Waals surface area (Å²) in [6, 6.07) is 6.85. The maximum Gasteiger partial charge on any atom is 0.191 e. The first-order valence-corrected chi connectivity index (χ1v) is 11.8. The monoisotopic (exact) mass is 521 g/mol. The molecule has 2 saturated carbocycles. The zero-order valence-electron chi connectivity index (χ0n) is 15.9. The van der Waals surface area contributed by atoms with Crippen molar-refractivity contribution in [3.05, 3.63) is 35.6 Å². The molecule has 1 heterocycles. The SMILES string of the molecule is I.O=S1(=O)CCC(CNC(=NCc2ccc(F)cc2)NC2CC3CCC2C3)C1. The Balaban J connectivity index is 0.00000225. The van der Waals surface area contributed by atoms with Gasteiger partial charge in [-0.25, -0.2) is 17.8 Å². The van der Waals surface area contributed by atoms with Gasteiger partial charge in [-0.05, 0) is 61.1 Å². The topological polar surface area (TPSA) is 70.6 Å². The second-order valence-corrected chi connectivity index (χ2v) is 10.6. The van der Waals surface area contributed by atoms with Gasteiger partial charge in [-0.15, -0.1) is 24.0 Å². The van der Waals surface area contributed by atoms with Gasteiger partial charge < -0.3 is 10.6 Å². The fraction of sp³-hybridized carbons (Fsp3) is 0.650. The Labute approximate surface area is 183 Å². The van der Waals surface area contributed by atoms with Gasteiger partial charge in [-0.2, -0.15) is 0 Å². The lowest BCUT2D eigenvalue weighted by Crippen LogP contribution is -2.47. The van der Waals surface area contributed by atoms with Crippen molar-refractivity contribution in [3.63, 3.8) is 0 Å². The highest BCUT2D eigenvalue weighted by molar-refractivity contribution is 14.0. The first-order valence-electron chi connectivity index (χ1n) is 9.96. The Kier molecular flexibility index (Phi) is 7.22. The zero-order valence-corrected chi connectivity index (χ0v) is 19.1. The van der Waals surface area contributed by atoms with Crippen LogP contribution in [0.3, 0.4) is 0 Å². The molecule has 4 atom stereocenters. The summed E-state index contributed by atoms with van der Waals surface area (Å²) in [5, 5.41) is 6.96. The number of halogens is 2. The van der Waals surface area contributed by atoms with Crippen LogP contribution < -0.4 is 10.6 Å². The number of aliphatic imine (C=N–C) groups is 1. The molecule has 2 aliphatic carbocycles. The average Bonchev–Trinajstić information content (AvgIpc) is 3.34. The van der Waals surface area contributed by atoms with E-state index in [1.807, 2.05) is 0 Å². The molecule has 4 rings (SSSR count). The number of hydrogen-bond donors (Lipinski definition) is 2. The molecule has 0 radical (unpaired) electrons. The summed E-state index contributed by atoms with van der Waals surface area (Å²) in [7, 11) is -2.87. The van der Waals surface area contributed by atoms with Crippen molar-refractivity contribution in [3.8, 4) is 0 Å². The predicted octanol–water partition coefficient (Wildman–Crippen LogP) is 3.10. The second-order valence-electron chi connectivity index (χ2n) is 8.37. The van der Waals surface area contributed by atoms with Gasteiger partial charge >= 0.3 is 0 Å². The zero-order chi connectivity index (χ0) is 18.9. The molecular weight excluding hydrogens is 492 g/mol. The Morgan fingerprint density at radius 3 is 2.54 bits per heavy atom. The molecule has 2 N–H and O–H groups in total. The third kappa shape index (κ3) is 5.58. The van der Waals surface area contributed by atoms with Crippen LogP contribution in [0.2, 0.25) is 0 Å². The van der Waals surface area contributed by atoms with E-state index in [0.717, 1.165) is 23.4 Å². The van der Waals surface area contributed by atoms with E-state index in [1.54, 1.807) is 12.1 Å². The molecule has 2 bridgehead atoms. The van der Waals surface area contributed by atoms with Crippen LogP contribution in [0, 0.1) is 23.6 Å². The number of sulfone groups is 1. The van der Waals surface area contributed by atoms with Gasteiger partial charge in [-0.1, -0.05) is 18.6 Å². The van der Waals surface area contributed by atoms with E-state index in [2.05, 4.69) is 10.6 Å². The van der Waals surface area contributed by atoms with Crippen molar-refractivity contribution < 1.29 is 12.8 Å². The molecule has 5 nitrogen and oxygen atoms in total. The van der Waals surface area contributed by atoms with Crippen LogP contribution in [0.1, 0.15) is 37.7 Å². The van der Waals surface area contributed by atoms with Crippen molar-refractivity contribution in [2.45, 2.75) is 44.7 Å². The van der Waals surface area contributed by atoms with E-state index in [1.165, 1.54) is 37.8 Å². The molecule has 4 unspecified atom stereocenters. The normalized spacial score (nSPS) is 30.8. The van der Waals surface area contributed by atoms with Crippen LogP contribution in [-0.4, -0.2) is 38.5 Å². The van der Waals surface area contributed by atoms with E-state index in [-0.39, 0.29) is 41.5 Å². The minimum Gasteiger partial charge on any atom is -0.356 e. The Morgan fingerprint density at radius 1 is 1.14 bits per heavy atom. The van der Waals surface area contributed by atoms with Gasteiger partial charge in [0.15, 0.2) is 15.8 Å². The van der Waals surface area contributed by atoms with Crippen molar-refractivity contribution in [1.29, 1.82) is 0 Å². The fourth-order valence-electron chi connectivity index (χ4n) is 4.78. The summed E-state index contributed by atoms with van der Waals surface area (Å²) in [4.78, 5) is 4.69. The first kappa shape index (κ1) is 21.8. The summed E-state index contributed by atoms with van der Waals surface area (Å²) < 4.78 is 36.5. The van der Waals surface area contributed by atoms with Gasteiger partial charge in [0.2, 0.25) is 0 Å². The summed E-state index contributed by atoms with van der Waals surface area (Å²) in [5.74, 6) is 2.77. The Bertz CT molecular complexity index is 800. The molecule has 1 aromatic carbocycles. The van der Waals surface area contributed by atoms with Crippen LogP contribution >= 0.6 is 24.0 Å². The molecule has 0 amide bonds. The van der Waals surface area contributed by atoms with Crippen LogP contribution in [-0.2, 0) is 16.4 Å². The third-order valence-corrected chi connectivity index (χ3v) is 8.12. The van der Waals surface area contributed by atoms with Crippen LogP contribution in [0.5, 0.6) is 0 Å². The molecule has 1 aromatic rings. The first-order chi connectivity index (χ1) is 13.0. The molecule has 1 aliphatic heterocycles. The van der Waals surface area contributed by atoms with Gasteiger partial charge in [0.25, 0.3) is 0 Å². The largest absolute Gasteiger partial charge is 0.356 e. The molecule has 28 heavy (non-hydrogen) atoms. The summed E-state index contributed by atoms with van der Waals surface area (Å²) >= 11 is 0. The smallest absolute Gasteiger partial charge is 0.191 e. The van der Waals surface area contributed by atoms with Crippen molar-refractivity contribution in [1.82, 2.24) is 10.6 Å². The van der Waals surface area contributed by atoms with E-state index in [0.29, 0.717) is 31.3 Å². The number of nitrogens with zero attached hydrogens (tertiary/aromatic N) is 1. The molecule has 0 spiro atoms. The predicted molar refractivity (Wildman–Crippen MR) is 120 cm³/mol. The molecule has 1 saturated heterocycles. The third-order valence-electron chi connectivity index (χ3n) is 6.28. The highest BCUT2D eigenvalue weighted by Crippen LogP contribution is 2.44. The maximum absolute atomic E-state index is 13.1. The van der Waals surface area contributed by atoms with Crippen molar-refractivity contribution >= 4 is 39.8 Å². The number of nitrogens with one attached hydrogen (secondary N) is 2. The maximum atomic E-state index is 13.1. The van der Waals surface area contributed by atoms with Crippen LogP contribution in [0.15, 0.2) is 29.3 Å². The van der Waals surface area contributed by atoms with E-state index in [9.17, 15) is 12.8 Å². The number of benzene rings is 1. The minimum absolute atomic E-state index is 0. The minimum atomic E-state index is -2.87. The lowest BCUT2D eigenvalue weighted by atomic mass is 9.95. The number of rotatable bonds is 5. The lowest BCUT2D eigenvalue weighted by Gasteiger charge is -2.26. The molecular formula is C20H29FIN3O2S. The lowest BCUT2D eigenvalue weighted by molar-refractivity contribution is 0.386. The average molecular weight is 521 g/mol. The summed E-state index contributed by atoms with van der Waals surface area (Å²) in [6.45, 7) is 1.09. The van der Waals surface area contributed by atoms with Gasteiger partial charge in [0.05, 0.1) is 18.1 Å². The quantitative estimate of drug-likeness (QED) is 0.355. The summed E-state index contributed by atoms with van der Waals surface area (Å²) in [6.07, 6.45) is 5.85.